The minimum absolute atomic E-state index is 0.221. The molecule has 0 unspecified atom stereocenters. The van der Waals surface area contributed by atoms with Gasteiger partial charge in [0, 0.05) is 23.9 Å². The van der Waals surface area contributed by atoms with E-state index in [2.05, 4.69) is 44.5 Å². The van der Waals surface area contributed by atoms with E-state index in [4.69, 9.17) is 0 Å². The van der Waals surface area contributed by atoms with Crippen molar-refractivity contribution >= 4 is 5.78 Å². The molecule has 2 aliphatic carbocycles. The van der Waals surface area contributed by atoms with E-state index in [-0.39, 0.29) is 5.92 Å². The number of Topliss-reactive ketones (excluding diaryl/α,β-unsaturated/α-hetero) is 1. The first-order valence-electron chi connectivity index (χ1n) is 11.8. The fraction of sp³-hybridized carbons (Fsp3) is 0.958. The lowest BCUT2D eigenvalue weighted by Gasteiger charge is -2.56. The number of ketones is 1. The van der Waals surface area contributed by atoms with Gasteiger partial charge in [-0.3, -0.25) is 4.79 Å². The van der Waals surface area contributed by atoms with Gasteiger partial charge in [0.05, 0.1) is 0 Å². The molecule has 3 nitrogen and oxygen atoms in total. The predicted molar refractivity (Wildman–Crippen MR) is 114 cm³/mol. The maximum Gasteiger partial charge on any atom is 0.138 e. The lowest BCUT2D eigenvalue weighted by Crippen LogP contribution is -2.55. The summed E-state index contributed by atoms with van der Waals surface area (Å²) in [7, 11) is 2.33. The maximum atomic E-state index is 12.3. The van der Waals surface area contributed by atoms with Crippen molar-refractivity contribution in [2.24, 2.45) is 23.2 Å². The molecule has 0 atom stereocenters. The zero-order valence-electron chi connectivity index (χ0n) is 18.7. The van der Waals surface area contributed by atoms with Gasteiger partial charge in [0.1, 0.15) is 5.78 Å². The molecule has 27 heavy (non-hydrogen) atoms. The van der Waals surface area contributed by atoms with Crippen LogP contribution in [-0.4, -0.2) is 54.3 Å². The number of piperidine rings is 1. The summed E-state index contributed by atoms with van der Waals surface area (Å²) in [5, 5.41) is 0. The molecule has 3 heteroatoms. The lowest BCUT2D eigenvalue weighted by molar-refractivity contribution is -0.129. The van der Waals surface area contributed by atoms with Gasteiger partial charge in [-0.25, -0.2) is 0 Å². The molecule has 3 aliphatic rings. The zero-order chi connectivity index (χ0) is 19.6. The molecule has 2 saturated carbocycles. The van der Waals surface area contributed by atoms with Crippen LogP contribution < -0.4 is 0 Å². The molecule has 1 spiro atoms. The van der Waals surface area contributed by atoms with Crippen LogP contribution in [0.3, 0.4) is 0 Å². The lowest BCUT2D eigenvalue weighted by atomic mass is 9.56. The number of hydrogen-bond donors (Lipinski definition) is 0. The van der Waals surface area contributed by atoms with E-state index >= 15 is 0 Å². The van der Waals surface area contributed by atoms with Gasteiger partial charge in [0.25, 0.3) is 0 Å². The highest BCUT2D eigenvalue weighted by atomic mass is 16.1. The predicted octanol–water partition coefficient (Wildman–Crippen LogP) is 4.99. The van der Waals surface area contributed by atoms with Gasteiger partial charge in [-0.05, 0) is 95.8 Å². The van der Waals surface area contributed by atoms with Crippen molar-refractivity contribution in [2.45, 2.75) is 97.6 Å². The minimum Gasteiger partial charge on any atom is -0.303 e. The Morgan fingerprint density at radius 2 is 1.63 bits per heavy atom. The van der Waals surface area contributed by atoms with Crippen LogP contribution in [-0.2, 0) is 4.79 Å². The largest absolute Gasteiger partial charge is 0.303 e. The third-order valence-corrected chi connectivity index (χ3v) is 8.05. The first kappa shape index (κ1) is 21.3. The maximum absolute atomic E-state index is 12.3. The average molecular weight is 377 g/mol. The van der Waals surface area contributed by atoms with E-state index in [1.54, 1.807) is 0 Å². The third kappa shape index (κ3) is 5.15. The van der Waals surface area contributed by atoms with Crippen molar-refractivity contribution in [1.29, 1.82) is 0 Å². The fourth-order valence-electron chi connectivity index (χ4n) is 5.93. The van der Waals surface area contributed by atoms with Crippen LogP contribution >= 0.6 is 0 Å². The fourth-order valence-corrected chi connectivity index (χ4v) is 5.93. The second kappa shape index (κ2) is 8.95. The van der Waals surface area contributed by atoms with Gasteiger partial charge < -0.3 is 9.80 Å². The van der Waals surface area contributed by atoms with Crippen molar-refractivity contribution in [2.75, 3.05) is 26.7 Å². The molecule has 0 amide bonds. The van der Waals surface area contributed by atoms with Crippen molar-refractivity contribution in [3.05, 3.63) is 0 Å². The monoisotopic (exact) mass is 376 g/mol. The first-order valence-corrected chi connectivity index (χ1v) is 11.8. The van der Waals surface area contributed by atoms with Gasteiger partial charge >= 0.3 is 0 Å². The Labute approximate surface area is 168 Å². The molecule has 1 saturated heterocycles. The van der Waals surface area contributed by atoms with Gasteiger partial charge in [0.2, 0.25) is 0 Å². The number of likely N-dealkylation sites (tertiary alicyclic amines) is 1. The molecule has 3 fully saturated rings. The first-order chi connectivity index (χ1) is 12.8. The topological polar surface area (TPSA) is 23.6 Å². The molecule has 0 aromatic carbocycles. The van der Waals surface area contributed by atoms with Crippen LogP contribution in [0.5, 0.6) is 0 Å². The molecule has 0 N–H and O–H groups in total. The number of carbonyl (C=O) groups excluding carboxylic acids is 1. The summed E-state index contributed by atoms with van der Waals surface area (Å²) >= 11 is 0. The molecule has 1 heterocycles. The SMILES string of the molecule is CC(C)CCN(C)C1CCN([C@H]2CC3(CC[C@H](C(=O)C(C)C)CC3)C2)CC1. The van der Waals surface area contributed by atoms with Crippen molar-refractivity contribution in [3.8, 4) is 0 Å². The Balaban J connectivity index is 1.37. The Hall–Kier alpha value is -0.410. The van der Waals surface area contributed by atoms with Gasteiger partial charge in [0.15, 0.2) is 0 Å². The number of carbonyl (C=O) groups is 1. The molecule has 0 aromatic heterocycles. The van der Waals surface area contributed by atoms with Crippen LogP contribution in [0.2, 0.25) is 0 Å². The van der Waals surface area contributed by atoms with Gasteiger partial charge in [-0.2, -0.15) is 0 Å². The Kier molecular flexibility index (Phi) is 7.06. The van der Waals surface area contributed by atoms with Crippen LogP contribution in [0, 0.1) is 23.2 Å². The number of hydrogen-bond acceptors (Lipinski definition) is 3. The zero-order valence-corrected chi connectivity index (χ0v) is 18.7. The molecule has 0 aromatic rings. The second-order valence-electron chi connectivity index (χ2n) is 10.8. The molecule has 1 aliphatic heterocycles. The van der Waals surface area contributed by atoms with E-state index in [0.29, 0.717) is 17.1 Å². The van der Waals surface area contributed by atoms with E-state index < -0.39 is 0 Å². The van der Waals surface area contributed by atoms with E-state index in [0.717, 1.165) is 30.8 Å². The number of nitrogens with zero attached hydrogens (tertiary/aromatic N) is 2. The molecule has 3 rings (SSSR count). The Bertz CT molecular complexity index is 477. The summed E-state index contributed by atoms with van der Waals surface area (Å²) in [6.07, 6.45) is 11.8. The standard InChI is InChI=1S/C24H44N2O/c1-18(2)8-13-25(5)21-9-14-26(15-10-21)22-16-24(17-22)11-6-20(7-12-24)23(27)19(3)4/h18-22H,6-17H2,1-5H3/t20-,22-,24?. The molecule has 0 radical (unpaired) electrons. The van der Waals surface area contributed by atoms with Gasteiger partial charge in [-0.1, -0.05) is 27.7 Å². The highest BCUT2D eigenvalue weighted by molar-refractivity contribution is 5.82. The smallest absolute Gasteiger partial charge is 0.138 e. The minimum atomic E-state index is 0.221. The van der Waals surface area contributed by atoms with Crippen molar-refractivity contribution < 1.29 is 4.79 Å². The van der Waals surface area contributed by atoms with E-state index in [1.807, 2.05) is 0 Å². The normalized spacial score (nSPS) is 33.2. The summed E-state index contributed by atoms with van der Waals surface area (Å²) in [5.41, 5.74) is 0.601. The summed E-state index contributed by atoms with van der Waals surface area (Å²) in [6.45, 7) is 12.6. The highest BCUT2D eigenvalue weighted by Crippen LogP contribution is 2.54. The van der Waals surface area contributed by atoms with Crippen molar-refractivity contribution in [3.63, 3.8) is 0 Å². The van der Waals surface area contributed by atoms with Crippen molar-refractivity contribution in [1.82, 2.24) is 9.80 Å². The molecule has 0 bridgehead atoms. The Morgan fingerprint density at radius 1 is 1.04 bits per heavy atom. The molecular formula is C24H44N2O. The molecule has 156 valence electrons. The quantitative estimate of drug-likeness (QED) is 0.625. The summed E-state index contributed by atoms with van der Waals surface area (Å²) in [4.78, 5) is 17.7. The summed E-state index contributed by atoms with van der Waals surface area (Å²) in [5.74, 6) is 1.92. The number of rotatable bonds is 7. The second-order valence-corrected chi connectivity index (χ2v) is 10.8. The van der Waals surface area contributed by atoms with Crippen LogP contribution in [0.1, 0.15) is 85.5 Å². The highest BCUT2D eigenvalue weighted by Gasteiger charge is 2.49. The summed E-state index contributed by atoms with van der Waals surface area (Å²) in [6, 6.07) is 1.63. The summed E-state index contributed by atoms with van der Waals surface area (Å²) < 4.78 is 0. The molecular weight excluding hydrogens is 332 g/mol. The van der Waals surface area contributed by atoms with Crippen LogP contribution in [0.4, 0.5) is 0 Å². The third-order valence-electron chi connectivity index (χ3n) is 8.05. The van der Waals surface area contributed by atoms with Gasteiger partial charge in [-0.15, -0.1) is 0 Å². The van der Waals surface area contributed by atoms with Crippen LogP contribution in [0.25, 0.3) is 0 Å². The Morgan fingerprint density at radius 3 is 2.15 bits per heavy atom. The van der Waals surface area contributed by atoms with E-state index in [9.17, 15) is 4.79 Å². The van der Waals surface area contributed by atoms with E-state index in [1.165, 1.54) is 64.6 Å². The van der Waals surface area contributed by atoms with Crippen LogP contribution in [0.15, 0.2) is 0 Å². The average Bonchev–Trinajstić information content (AvgIpc) is 2.63.